The number of ketones is 1. The zero-order valence-electron chi connectivity index (χ0n) is 12.8. The molecule has 0 bridgehead atoms. The van der Waals surface area contributed by atoms with E-state index in [9.17, 15) is 14.7 Å². The van der Waals surface area contributed by atoms with Crippen molar-refractivity contribution in [3.63, 3.8) is 0 Å². The van der Waals surface area contributed by atoms with Gasteiger partial charge in [-0.05, 0) is 53.3 Å². The number of aromatic carboxylic acids is 1. The molecule has 0 saturated heterocycles. The Morgan fingerprint density at radius 2 is 1.83 bits per heavy atom. The number of carboxylic acids is 1. The number of carboxylic acid groups (broad SMARTS) is 1. The van der Waals surface area contributed by atoms with Crippen molar-refractivity contribution in [3.05, 3.63) is 52.6 Å². The van der Waals surface area contributed by atoms with Crippen molar-refractivity contribution >= 4 is 11.8 Å². The average Bonchev–Trinajstić information content (AvgIpc) is 2.53. The van der Waals surface area contributed by atoms with Crippen LogP contribution in [0.2, 0.25) is 0 Å². The Morgan fingerprint density at radius 3 is 2.61 bits per heavy atom. The van der Waals surface area contributed by atoms with Crippen LogP contribution in [0.4, 0.5) is 0 Å². The molecule has 0 amide bonds. The normalized spacial score (nSPS) is 14.7. The second-order valence-corrected chi connectivity index (χ2v) is 5.73. The zero-order chi connectivity index (χ0) is 15.3. The van der Waals surface area contributed by atoms with Crippen LogP contribution in [0.25, 0.3) is 11.1 Å². The van der Waals surface area contributed by atoms with Gasteiger partial charge in [0.1, 0.15) is 12.4 Å². The quantitative estimate of drug-likeness (QED) is 0.595. The van der Waals surface area contributed by atoms with E-state index in [1.165, 1.54) is 0 Å². The van der Waals surface area contributed by atoms with Gasteiger partial charge in [0.25, 0.3) is 0 Å². The van der Waals surface area contributed by atoms with Gasteiger partial charge < -0.3 is 14.6 Å². The van der Waals surface area contributed by atoms with Crippen LogP contribution in [0.15, 0.2) is 30.3 Å². The molecule has 110 valence electrons. The number of benzene rings is 2. The summed E-state index contributed by atoms with van der Waals surface area (Å²) < 4.78 is 5.73. The van der Waals surface area contributed by atoms with E-state index in [0.717, 1.165) is 40.7 Å². The summed E-state index contributed by atoms with van der Waals surface area (Å²) in [6, 6.07) is 8.78. The van der Waals surface area contributed by atoms with Crippen molar-refractivity contribution < 1.29 is 88.3 Å². The number of ether oxygens (including phenoxy) is 1. The predicted molar refractivity (Wildman–Crippen MR) is 77.8 cm³/mol. The van der Waals surface area contributed by atoms with Crippen LogP contribution >= 0.6 is 0 Å². The molecule has 4 nitrogen and oxygen atoms in total. The van der Waals surface area contributed by atoms with Crippen LogP contribution in [-0.2, 0) is 13.0 Å². The van der Waals surface area contributed by atoms with E-state index < -0.39 is 5.97 Å². The van der Waals surface area contributed by atoms with Gasteiger partial charge >= 0.3 is 68.9 Å². The molecule has 1 aliphatic carbocycles. The standard InChI is InChI=1S/C18H14O4.Cs/c19-16-3-1-2-10-7-15-13-5-4-11(18(20)21)6-12(13)9-22-17(15)8-14(10)16;/h4-8H,1-3,9H2,(H,20,21);/q;+1/p-1. The maximum atomic E-state index is 12.0. The summed E-state index contributed by atoms with van der Waals surface area (Å²) in [7, 11) is 0. The molecule has 2 aromatic carbocycles. The zero-order valence-corrected chi connectivity index (χ0v) is 19.1. The SMILES string of the molecule is O=C([O-])c1ccc2c(c1)COc1cc3c(cc1-2)CCCC3=O.[Cs+]. The second-order valence-electron chi connectivity index (χ2n) is 5.73. The van der Waals surface area contributed by atoms with Crippen LogP contribution in [0.1, 0.15) is 44.7 Å². The van der Waals surface area contributed by atoms with Gasteiger partial charge in [0.05, 0.1) is 5.97 Å². The first kappa shape index (κ1) is 17.3. The number of aryl methyl sites for hydroxylation is 1. The molecule has 0 N–H and O–H groups in total. The largest absolute Gasteiger partial charge is 1.00 e. The molecule has 0 atom stereocenters. The molecule has 5 heteroatoms. The minimum absolute atomic E-state index is 0. The number of carbonyl (C=O) groups is 2. The van der Waals surface area contributed by atoms with Gasteiger partial charge in [-0.15, -0.1) is 0 Å². The smallest absolute Gasteiger partial charge is 0.545 e. The third-order valence-electron chi connectivity index (χ3n) is 4.37. The molecule has 23 heavy (non-hydrogen) atoms. The van der Waals surface area contributed by atoms with Gasteiger partial charge in [0.15, 0.2) is 5.78 Å². The van der Waals surface area contributed by atoms with Crippen LogP contribution < -0.4 is 78.7 Å². The fourth-order valence-corrected chi connectivity index (χ4v) is 3.25. The molecule has 2 aliphatic rings. The molecule has 0 unspecified atom stereocenters. The van der Waals surface area contributed by atoms with Gasteiger partial charge in [-0.25, -0.2) is 0 Å². The maximum absolute atomic E-state index is 12.0. The van der Waals surface area contributed by atoms with Crippen molar-refractivity contribution in [2.24, 2.45) is 0 Å². The summed E-state index contributed by atoms with van der Waals surface area (Å²) in [5, 5.41) is 11.0. The Morgan fingerprint density at radius 1 is 1.00 bits per heavy atom. The van der Waals surface area contributed by atoms with E-state index in [-0.39, 0.29) is 80.2 Å². The van der Waals surface area contributed by atoms with Crippen molar-refractivity contribution in [1.29, 1.82) is 0 Å². The molecule has 0 aromatic heterocycles. The molecule has 0 radical (unpaired) electrons. The first-order chi connectivity index (χ1) is 10.6. The van der Waals surface area contributed by atoms with Gasteiger partial charge in [-0.1, -0.05) is 12.1 Å². The predicted octanol–water partition coefficient (Wildman–Crippen LogP) is -0.867. The topological polar surface area (TPSA) is 66.4 Å². The van der Waals surface area contributed by atoms with E-state index in [1.54, 1.807) is 18.2 Å². The molecule has 4 rings (SSSR count). The number of fused-ring (bicyclic) bond motifs is 4. The molecule has 1 aliphatic heterocycles. The van der Waals surface area contributed by atoms with Gasteiger partial charge in [-0.3, -0.25) is 4.79 Å². The number of rotatable bonds is 1. The molecule has 2 aromatic rings. The number of hydrogen-bond donors (Lipinski definition) is 0. The minimum Gasteiger partial charge on any atom is -0.545 e. The number of hydrogen-bond acceptors (Lipinski definition) is 4. The minimum atomic E-state index is -1.19. The molecule has 0 spiro atoms. The van der Waals surface area contributed by atoms with Gasteiger partial charge in [-0.2, -0.15) is 0 Å². The Hall–Kier alpha value is -0.568. The maximum Gasteiger partial charge on any atom is 1.00 e. The van der Waals surface area contributed by atoms with Gasteiger partial charge in [0, 0.05) is 17.5 Å². The second kappa shape index (κ2) is 6.74. The van der Waals surface area contributed by atoms with E-state index >= 15 is 0 Å². The van der Waals surface area contributed by atoms with E-state index in [4.69, 9.17) is 4.74 Å². The van der Waals surface area contributed by atoms with Crippen LogP contribution in [0, 0.1) is 0 Å². The molecular formula is C18H13CsO4. The van der Waals surface area contributed by atoms with Crippen LogP contribution in [-0.4, -0.2) is 11.8 Å². The summed E-state index contributed by atoms with van der Waals surface area (Å²) in [6.45, 7) is 0.302. The monoisotopic (exact) mass is 426 g/mol. The Kier molecular flexibility index (Phi) is 5.06. The molecule has 1 heterocycles. The summed E-state index contributed by atoms with van der Waals surface area (Å²) in [5.41, 5.74) is 4.69. The van der Waals surface area contributed by atoms with E-state index in [0.29, 0.717) is 18.8 Å². The van der Waals surface area contributed by atoms with Gasteiger partial charge in [0.2, 0.25) is 0 Å². The third kappa shape index (κ3) is 3.06. The van der Waals surface area contributed by atoms with E-state index in [1.807, 2.05) is 12.1 Å². The molecular weight excluding hydrogens is 413 g/mol. The number of carbonyl (C=O) groups excluding carboxylic acids is 2. The fourth-order valence-electron chi connectivity index (χ4n) is 3.25. The van der Waals surface area contributed by atoms with Crippen molar-refractivity contribution in [3.8, 4) is 16.9 Å². The number of Topliss-reactive ketones (excluding diaryl/α,β-unsaturated/α-hetero) is 1. The fraction of sp³-hybridized carbons (Fsp3) is 0.222. The van der Waals surface area contributed by atoms with Crippen LogP contribution in [0.5, 0.6) is 5.75 Å². The first-order valence-corrected chi connectivity index (χ1v) is 7.31. The first-order valence-electron chi connectivity index (χ1n) is 7.31. The molecule has 0 saturated carbocycles. The summed E-state index contributed by atoms with van der Waals surface area (Å²) in [4.78, 5) is 23.0. The van der Waals surface area contributed by atoms with Crippen molar-refractivity contribution in [2.45, 2.75) is 25.9 Å². The Bertz CT molecular complexity index is 826. The average molecular weight is 426 g/mol. The van der Waals surface area contributed by atoms with Crippen LogP contribution in [0.3, 0.4) is 0 Å². The Balaban J connectivity index is 0.00000156. The summed E-state index contributed by atoms with van der Waals surface area (Å²) >= 11 is 0. The third-order valence-corrected chi connectivity index (χ3v) is 4.37. The van der Waals surface area contributed by atoms with Crippen molar-refractivity contribution in [2.75, 3.05) is 0 Å². The van der Waals surface area contributed by atoms with Crippen molar-refractivity contribution in [1.82, 2.24) is 0 Å². The summed E-state index contributed by atoms with van der Waals surface area (Å²) in [5.74, 6) is -0.321. The molecule has 0 fully saturated rings. The van der Waals surface area contributed by atoms with E-state index in [2.05, 4.69) is 0 Å². The Labute approximate surface area is 192 Å². The summed E-state index contributed by atoms with van der Waals surface area (Å²) in [6.07, 6.45) is 2.36.